The van der Waals surface area contributed by atoms with Crippen LogP contribution in [0.1, 0.15) is 34.5 Å². The van der Waals surface area contributed by atoms with Crippen molar-refractivity contribution in [2.24, 2.45) is 0 Å². The maximum Gasteiger partial charge on any atom is 0.165 e. The number of rotatable bonds is 8. The van der Waals surface area contributed by atoms with E-state index >= 15 is 0 Å². The summed E-state index contributed by atoms with van der Waals surface area (Å²) in [5, 5.41) is 29.6. The van der Waals surface area contributed by atoms with Crippen LogP contribution in [-0.4, -0.2) is 19.3 Å². The minimum absolute atomic E-state index is 0.155. The van der Waals surface area contributed by atoms with Gasteiger partial charge < -0.3 is 28.8 Å². The van der Waals surface area contributed by atoms with Crippen LogP contribution >= 0.6 is 0 Å². The summed E-state index contributed by atoms with van der Waals surface area (Å²) in [6.07, 6.45) is -1.27. The molecule has 70 heavy (non-hydrogen) atoms. The number of aromatic hydroxyl groups is 2. The van der Waals surface area contributed by atoms with Crippen LogP contribution in [0.25, 0.3) is 88.4 Å². The summed E-state index contributed by atoms with van der Waals surface area (Å²) in [5.74, 6) is 1.51. The minimum atomic E-state index is -0.636. The summed E-state index contributed by atoms with van der Waals surface area (Å²) in [6, 6.07) is 74.2. The van der Waals surface area contributed by atoms with E-state index in [1.165, 1.54) is 0 Å². The van der Waals surface area contributed by atoms with Crippen molar-refractivity contribution < 1.29 is 19.7 Å². The molecule has 1 aliphatic rings. The van der Waals surface area contributed by atoms with E-state index in [4.69, 9.17) is 9.47 Å². The van der Waals surface area contributed by atoms with Crippen LogP contribution in [0, 0.1) is 13.8 Å². The van der Waals surface area contributed by atoms with Crippen LogP contribution in [0.2, 0.25) is 0 Å². The van der Waals surface area contributed by atoms with Crippen LogP contribution in [0.4, 0.5) is 0 Å². The number of hydrogen-bond donors (Lipinski definition) is 2. The SMILES string of the molecule is Cc1cc(-c2ccccc2OC2c3ccccc3-c3ccccc3[C@@H]2Oc2ccccc2-c2cc(C)cc(-n3c4ccccc4c4ccccc43)c2O)c(O)c(-n2c3ccccc3c3ccccc32)c1. The first-order chi connectivity index (χ1) is 34.4. The van der Waals surface area contributed by atoms with Crippen LogP contribution in [0.15, 0.2) is 218 Å². The lowest BCUT2D eigenvalue weighted by molar-refractivity contribution is 0.0517. The van der Waals surface area contributed by atoms with Crippen molar-refractivity contribution in [1.82, 2.24) is 9.13 Å². The highest BCUT2D eigenvalue weighted by molar-refractivity contribution is 6.10. The summed E-state index contributed by atoms with van der Waals surface area (Å²) in [4.78, 5) is 0. The predicted molar refractivity (Wildman–Crippen MR) is 284 cm³/mol. The molecule has 1 unspecified atom stereocenters. The van der Waals surface area contributed by atoms with Gasteiger partial charge in [0.15, 0.2) is 12.2 Å². The van der Waals surface area contributed by atoms with E-state index < -0.39 is 12.2 Å². The fourth-order valence-corrected chi connectivity index (χ4v) is 11.0. The average Bonchev–Trinajstić information content (AvgIpc) is 3.92. The van der Waals surface area contributed by atoms with Gasteiger partial charge in [0.1, 0.15) is 23.0 Å². The highest BCUT2D eigenvalue weighted by Gasteiger charge is 2.38. The van der Waals surface area contributed by atoms with Gasteiger partial charge in [-0.1, -0.05) is 158 Å². The van der Waals surface area contributed by atoms with E-state index in [1.54, 1.807) is 0 Å². The molecule has 0 saturated carbocycles. The molecule has 336 valence electrons. The van der Waals surface area contributed by atoms with Crippen LogP contribution in [-0.2, 0) is 0 Å². The molecule has 1 aliphatic carbocycles. The molecular formula is C64H46N2O4. The molecule has 0 radical (unpaired) electrons. The van der Waals surface area contributed by atoms with Gasteiger partial charge in [-0.3, -0.25) is 0 Å². The van der Waals surface area contributed by atoms with Crippen LogP contribution < -0.4 is 9.47 Å². The van der Waals surface area contributed by atoms with Gasteiger partial charge in [0.25, 0.3) is 0 Å². The average molecular weight is 907 g/mol. The Labute approximate surface area is 405 Å². The molecule has 0 fully saturated rings. The third kappa shape index (κ3) is 6.48. The quantitative estimate of drug-likeness (QED) is 0.159. The number of hydrogen-bond acceptors (Lipinski definition) is 4. The number of aromatic nitrogens is 2. The molecule has 2 atom stereocenters. The number of ether oxygens (including phenoxy) is 2. The Morgan fingerprint density at radius 3 is 1.00 bits per heavy atom. The second-order valence-electron chi connectivity index (χ2n) is 18.3. The van der Waals surface area contributed by atoms with Gasteiger partial charge in [-0.2, -0.15) is 0 Å². The van der Waals surface area contributed by atoms with Crippen molar-refractivity contribution in [3.8, 4) is 67.8 Å². The van der Waals surface area contributed by atoms with Gasteiger partial charge in [0.05, 0.1) is 33.4 Å². The number of benzene rings is 10. The largest absolute Gasteiger partial charge is 0.505 e. The fraction of sp³-hybridized carbons (Fsp3) is 0.0625. The molecule has 6 nitrogen and oxygen atoms in total. The normalized spacial score (nSPS) is 14.3. The molecule has 0 amide bonds. The minimum Gasteiger partial charge on any atom is -0.505 e. The second-order valence-corrected chi connectivity index (χ2v) is 18.3. The summed E-state index contributed by atoms with van der Waals surface area (Å²) in [7, 11) is 0. The van der Waals surface area contributed by atoms with Crippen molar-refractivity contribution in [3.63, 3.8) is 0 Å². The van der Waals surface area contributed by atoms with Gasteiger partial charge in [-0.25, -0.2) is 0 Å². The first-order valence-corrected chi connectivity index (χ1v) is 23.8. The molecule has 2 heterocycles. The predicted octanol–water partition coefficient (Wildman–Crippen LogP) is 16.2. The molecule has 2 aromatic heterocycles. The van der Waals surface area contributed by atoms with E-state index in [0.29, 0.717) is 34.0 Å². The highest BCUT2D eigenvalue weighted by Crippen LogP contribution is 2.52. The van der Waals surface area contributed by atoms with E-state index in [0.717, 1.165) is 88.1 Å². The van der Waals surface area contributed by atoms with Gasteiger partial charge >= 0.3 is 0 Å². The molecule has 2 N–H and O–H groups in total. The molecule has 0 aliphatic heterocycles. The zero-order valence-corrected chi connectivity index (χ0v) is 38.5. The van der Waals surface area contributed by atoms with E-state index in [2.05, 4.69) is 144 Å². The second kappa shape index (κ2) is 16.4. The lowest BCUT2D eigenvalue weighted by Crippen LogP contribution is -2.27. The van der Waals surface area contributed by atoms with Crippen molar-refractivity contribution in [2.45, 2.75) is 26.1 Å². The Morgan fingerprint density at radius 2 is 0.629 bits per heavy atom. The van der Waals surface area contributed by atoms with Gasteiger partial charge in [-0.15, -0.1) is 0 Å². The van der Waals surface area contributed by atoms with Crippen molar-refractivity contribution >= 4 is 43.6 Å². The number of phenols is 2. The maximum absolute atomic E-state index is 12.6. The summed E-state index contributed by atoms with van der Waals surface area (Å²) < 4.78 is 19.2. The standard InChI is InChI=1S/C64H46N2O4/c1-39-35-51(61(67)57(37-39)65-53-29-13-7-21-43(53)44-22-8-14-30-54(44)65)47-25-11-17-33-59(47)69-63-49-27-5-3-19-41(49)42-20-4-6-28-50(42)64(63)70-60-34-18-12-26-48(60)52-36-40(2)38-58(62(52)68)66-55-31-15-9-23-45(55)46-24-10-16-32-56(46)66/h3-38,63-64,67-68H,1-2H3/t63-,64?/m0/s1. The van der Waals surface area contributed by atoms with E-state index in [1.807, 2.05) is 97.1 Å². The zero-order chi connectivity index (χ0) is 47.0. The Balaban J connectivity index is 0.945. The molecular weight excluding hydrogens is 861 g/mol. The van der Waals surface area contributed by atoms with Gasteiger partial charge in [-0.05, 0) is 96.8 Å². The molecule has 13 rings (SSSR count). The monoisotopic (exact) mass is 906 g/mol. The Kier molecular flexibility index (Phi) is 9.63. The Bertz CT molecular complexity index is 3680. The Morgan fingerprint density at radius 1 is 0.329 bits per heavy atom. The van der Waals surface area contributed by atoms with Crippen molar-refractivity contribution in [2.75, 3.05) is 0 Å². The lowest BCUT2D eigenvalue weighted by Gasteiger charge is -2.36. The maximum atomic E-state index is 12.6. The number of nitrogens with zero attached hydrogens (tertiary/aromatic N) is 2. The topological polar surface area (TPSA) is 68.8 Å². The first-order valence-electron chi connectivity index (χ1n) is 23.8. The third-order valence-electron chi connectivity index (χ3n) is 14.1. The number of aryl methyl sites for hydroxylation is 2. The summed E-state index contributed by atoms with van der Waals surface area (Å²) in [5.41, 5.74) is 14.3. The Hall–Kier alpha value is -9.00. The van der Waals surface area contributed by atoms with E-state index in [9.17, 15) is 10.2 Å². The molecule has 0 spiro atoms. The van der Waals surface area contributed by atoms with Gasteiger partial charge in [0.2, 0.25) is 0 Å². The fourth-order valence-electron chi connectivity index (χ4n) is 11.0. The first kappa shape index (κ1) is 41.2. The summed E-state index contributed by atoms with van der Waals surface area (Å²) >= 11 is 0. The molecule has 6 heteroatoms. The molecule has 0 bridgehead atoms. The smallest absolute Gasteiger partial charge is 0.165 e. The molecule has 10 aromatic carbocycles. The van der Waals surface area contributed by atoms with Crippen LogP contribution in [0.3, 0.4) is 0 Å². The zero-order valence-electron chi connectivity index (χ0n) is 38.5. The van der Waals surface area contributed by atoms with Gasteiger partial charge in [0, 0.05) is 54.9 Å². The highest BCUT2D eigenvalue weighted by atomic mass is 16.5. The number of para-hydroxylation sites is 6. The van der Waals surface area contributed by atoms with Crippen molar-refractivity contribution in [1.29, 1.82) is 0 Å². The van der Waals surface area contributed by atoms with Crippen molar-refractivity contribution in [3.05, 3.63) is 241 Å². The molecule has 12 aromatic rings. The van der Waals surface area contributed by atoms with E-state index in [-0.39, 0.29) is 11.5 Å². The third-order valence-corrected chi connectivity index (χ3v) is 14.1. The number of fused-ring (bicyclic) bond motifs is 9. The van der Waals surface area contributed by atoms with Crippen LogP contribution in [0.5, 0.6) is 23.0 Å². The number of phenolic OH excluding ortho intramolecular Hbond substituents is 2. The lowest BCUT2D eigenvalue weighted by atomic mass is 9.81. The molecule has 0 saturated heterocycles. The summed E-state index contributed by atoms with van der Waals surface area (Å²) in [6.45, 7) is 4.13.